The number of aryl methyl sites for hydroxylation is 1. The van der Waals surface area contributed by atoms with Gasteiger partial charge in [-0.05, 0) is 34.8 Å². The van der Waals surface area contributed by atoms with Crippen LogP contribution in [0.2, 0.25) is 0 Å². The summed E-state index contributed by atoms with van der Waals surface area (Å²) in [7, 11) is 0. The molecule has 0 aromatic carbocycles. The maximum Gasteiger partial charge on any atom is 0.305 e. The molecule has 0 fully saturated rings. The average molecular weight is 282 g/mol. The fourth-order valence-electron chi connectivity index (χ4n) is 1.80. The van der Waals surface area contributed by atoms with Crippen LogP contribution >= 0.6 is 11.5 Å². The number of aliphatic carboxylic acids is 1. The van der Waals surface area contributed by atoms with Crippen LogP contribution in [-0.2, 0) is 11.2 Å². The minimum absolute atomic E-state index is 0.0117. The number of carbonyl (C=O) groups is 1. The molecule has 102 valence electrons. The molecule has 2 rings (SSSR count). The third-order valence-corrected chi connectivity index (χ3v) is 3.58. The van der Waals surface area contributed by atoms with E-state index in [9.17, 15) is 4.79 Å². The highest BCUT2D eigenvalue weighted by Gasteiger charge is 2.22. The molecule has 0 saturated heterocycles. The molecule has 1 unspecified atom stereocenters. The maximum atomic E-state index is 10.9. The minimum Gasteiger partial charge on any atom is -0.481 e. The van der Waals surface area contributed by atoms with Crippen LogP contribution in [0, 0.1) is 0 Å². The lowest BCUT2D eigenvalue weighted by Gasteiger charge is -2.13. The summed E-state index contributed by atoms with van der Waals surface area (Å²) in [6, 6.07) is -0.269. The SMILES string of the molecule is CCc1nnsc1-c1nnnn1C(CC)CC(=O)O. The molecule has 2 aromatic heterocycles. The Hall–Kier alpha value is -1.90. The van der Waals surface area contributed by atoms with Gasteiger partial charge in [0.15, 0.2) is 5.82 Å². The van der Waals surface area contributed by atoms with Gasteiger partial charge in [-0.15, -0.1) is 10.2 Å². The highest BCUT2D eigenvalue weighted by molar-refractivity contribution is 7.09. The Kier molecular flexibility index (Phi) is 4.15. The Morgan fingerprint density at radius 2 is 2.21 bits per heavy atom. The lowest BCUT2D eigenvalue weighted by atomic mass is 10.1. The Morgan fingerprint density at radius 3 is 2.84 bits per heavy atom. The van der Waals surface area contributed by atoms with Crippen molar-refractivity contribution >= 4 is 17.5 Å². The normalized spacial score (nSPS) is 12.5. The van der Waals surface area contributed by atoms with E-state index in [0.29, 0.717) is 12.2 Å². The lowest BCUT2D eigenvalue weighted by molar-refractivity contribution is -0.138. The van der Waals surface area contributed by atoms with Crippen LogP contribution in [0.1, 0.15) is 38.4 Å². The molecule has 0 bridgehead atoms. The number of carboxylic acid groups (broad SMARTS) is 1. The first-order valence-electron chi connectivity index (χ1n) is 5.98. The summed E-state index contributed by atoms with van der Waals surface area (Å²) in [4.78, 5) is 11.7. The summed E-state index contributed by atoms with van der Waals surface area (Å²) in [5, 5.41) is 24.5. The van der Waals surface area contributed by atoms with Crippen LogP contribution < -0.4 is 0 Å². The zero-order valence-electron chi connectivity index (χ0n) is 10.6. The number of tetrazole rings is 1. The molecule has 2 heterocycles. The zero-order valence-corrected chi connectivity index (χ0v) is 11.5. The molecule has 19 heavy (non-hydrogen) atoms. The largest absolute Gasteiger partial charge is 0.481 e. The van der Waals surface area contributed by atoms with Gasteiger partial charge in [0.25, 0.3) is 0 Å². The van der Waals surface area contributed by atoms with E-state index in [0.717, 1.165) is 17.0 Å². The Morgan fingerprint density at radius 1 is 1.42 bits per heavy atom. The summed E-state index contributed by atoms with van der Waals surface area (Å²) in [5.41, 5.74) is 0.825. The first-order chi connectivity index (χ1) is 9.17. The number of rotatable bonds is 6. The van der Waals surface area contributed by atoms with E-state index >= 15 is 0 Å². The van der Waals surface area contributed by atoms with Gasteiger partial charge < -0.3 is 5.11 Å². The lowest BCUT2D eigenvalue weighted by Crippen LogP contribution is -2.15. The molecule has 0 aliphatic rings. The predicted molar refractivity (Wildman–Crippen MR) is 67.7 cm³/mol. The molecule has 0 saturated carbocycles. The van der Waals surface area contributed by atoms with Gasteiger partial charge in [0.2, 0.25) is 0 Å². The fraction of sp³-hybridized carbons (Fsp3) is 0.600. The van der Waals surface area contributed by atoms with Gasteiger partial charge in [-0.1, -0.05) is 18.3 Å². The van der Waals surface area contributed by atoms with Crippen molar-refractivity contribution in [3.63, 3.8) is 0 Å². The van der Waals surface area contributed by atoms with Gasteiger partial charge >= 0.3 is 5.97 Å². The minimum atomic E-state index is -0.869. The quantitative estimate of drug-likeness (QED) is 0.847. The van der Waals surface area contributed by atoms with E-state index in [1.165, 1.54) is 11.5 Å². The fourth-order valence-corrected chi connectivity index (χ4v) is 2.53. The van der Waals surface area contributed by atoms with Gasteiger partial charge in [-0.3, -0.25) is 4.79 Å². The molecule has 0 amide bonds. The van der Waals surface area contributed by atoms with Crippen molar-refractivity contribution in [1.82, 2.24) is 29.8 Å². The van der Waals surface area contributed by atoms with Crippen LogP contribution in [0.3, 0.4) is 0 Å². The molecule has 0 aliphatic carbocycles. The highest BCUT2D eigenvalue weighted by atomic mass is 32.1. The first kappa shape index (κ1) is 13.5. The van der Waals surface area contributed by atoms with E-state index in [4.69, 9.17) is 5.11 Å². The molecule has 0 aliphatic heterocycles. The summed E-state index contributed by atoms with van der Waals surface area (Å²) < 4.78 is 5.46. The van der Waals surface area contributed by atoms with Crippen LogP contribution in [0.25, 0.3) is 10.7 Å². The number of hydrogen-bond donors (Lipinski definition) is 1. The van der Waals surface area contributed by atoms with Gasteiger partial charge in [0.05, 0.1) is 18.2 Å². The zero-order chi connectivity index (χ0) is 13.8. The molecule has 1 N–H and O–H groups in total. The number of hydrogen-bond acceptors (Lipinski definition) is 7. The number of carboxylic acids is 1. The summed E-state index contributed by atoms with van der Waals surface area (Å²) in [5.74, 6) is -0.327. The molecule has 1 atom stereocenters. The summed E-state index contributed by atoms with van der Waals surface area (Å²) >= 11 is 1.22. The molecule has 9 heteroatoms. The van der Waals surface area contributed by atoms with Crippen LogP contribution in [0.4, 0.5) is 0 Å². The predicted octanol–water partition coefficient (Wildman–Crippen LogP) is 1.18. The van der Waals surface area contributed by atoms with Crippen molar-refractivity contribution in [3.05, 3.63) is 5.69 Å². The Bertz CT molecular complexity index is 566. The van der Waals surface area contributed by atoms with Gasteiger partial charge in [0, 0.05) is 0 Å². The van der Waals surface area contributed by atoms with Crippen molar-refractivity contribution < 1.29 is 9.90 Å². The van der Waals surface area contributed by atoms with Crippen LogP contribution in [0.5, 0.6) is 0 Å². The molecular formula is C10H14N6O2S. The van der Waals surface area contributed by atoms with E-state index < -0.39 is 5.97 Å². The molecule has 2 aromatic rings. The topological polar surface area (TPSA) is 107 Å². The molecular weight excluding hydrogens is 268 g/mol. The van der Waals surface area contributed by atoms with Crippen LogP contribution in [-0.4, -0.2) is 40.9 Å². The van der Waals surface area contributed by atoms with E-state index in [1.807, 2.05) is 13.8 Å². The molecule has 0 spiro atoms. The average Bonchev–Trinajstić information content (AvgIpc) is 3.02. The van der Waals surface area contributed by atoms with Crippen molar-refractivity contribution in [2.24, 2.45) is 0 Å². The van der Waals surface area contributed by atoms with Crippen molar-refractivity contribution in [2.75, 3.05) is 0 Å². The summed E-state index contributed by atoms with van der Waals surface area (Å²) in [6.45, 7) is 3.88. The van der Waals surface area contributed by atoms with Gasteiger partial charge in [0.1, 0.15) is 4.88 Å². The van der Waals surface area contributed by atoms with Crippen molar-refractivity contribution in [2.45, 2.75) is 39.2 Å². The molecule has 8 nitrogen and oxygen atoms in total. The first-order valence-corrected chi connectivity index (χ1v) is 6.75. The molecule has 0 radical (unpaired) electrons. The highest BCUT2D eigenvalue weighted by Crippen LogP contribution is 2.27. The Balaban J connectivity index is 2.38. The Labute approximate surface area is 113 Å². The van der Waals surface area contributed by atoms with Crippen LogP contribution in [0.15, 0.2) is 0 Å². The monoisotopic (exact) mass is 282 g/mol. The summed E-state index contributed by atoms with van der Waals surface area (Å²) in [6.07, 6.45) is 1.36. The van der Waals surface area contributed by atoms with E-state index in [-0.39, 0.29) is 12.5 Å². The second kappa shape index (κ2) is 5.83. The van der Waals surface area contributed by atoms with Crippen molar-refractivity contribution in [3.8, 4) is 10.7 Å². The third kappa shape index (κ3) is 2.75. The number of nitrogens with zero attached hydrogens (tertiary/aromatic N) is 6. The third-order valence-electron chi connectivity index (χ3n) is 2.81. The second-order valence-electron chi connectivity index (χ2n) is 4.01. The van der Waals surface area contributed by atoms with E-state index in [2.05, 4.69) is 25.1 Å². The second-order valence-corrected chi connectivity index (χ2v) is 4.76. The maximum absolute atomic E-state index is 10.9. The standard InChI is InChI=1S/C10H14N6O2S/c1-3-6(5-8(17)18)16-10(12-13-14-16)9-7(4-2)11-15-19-9/h6H,3-5H2,1-2H3,(H,17,18). The van der Waals surface area contributed by atoms with Gasteiger partial charge in [-0.25, -0.2) is 4.68 Å². The smallest absolute Gasteiger partial charge is 0.305 e. The van der Waals surface area contributed by atoms with Crippen molar-refractivity contribution in [1.29, 1.82) is 0 Å². The van der Waals surface area contributed by atoms with Gasteiger partial charge in [-0.2, -0.15) is 0 Å². The number of aromatic nitrogens is 6. The van der Waals surface area contributed by atoms with E-state index in [1.54, 1.807) is 4.68 Å².